The van der Waals surface area contributed by atoms with Gasteiger partial charge in [-0.25, -0.2) is 4.98 Å². The molecule has 3 aromatic rings. The monoisotopic (exact) mass is 362 g/mol. The molecule has 2 heterocycles. The van der Waals surface area contributed by atoms with Gasteiger partial charge in [0.2, 0.25) is 11.8 Å². The first-order chi connectivity index (χ1) is 13.0. The second-order valence-corrected chi connectivity index (χ2v) is 6.93. The molecule has 2 aromatic carbocycles. The standard InChI is InChI=1S/C21H22N4O2/c1-15-7-9-17(10-8-15)24-12-11-23(13-21(24)27)20(26)14-25-16(2)22-18-5-3-4-6-19(18)25/h3-10H,11-14H2,1-2H3. The lowest BCUT2D eigenvalue weighted by atomic mass is 10.2. The maximum atomic E-state index is 12.8. The summed E-state index contributed by atoms with van der Waals surface area (Å²) in [5.74, 6) is 0.693. The van der Waals surface area contributed by atoms with E-state index in [-0.39, 0.29) is 24.9 Å². The van der Waals surface area contributed by atoms with Crippen LogP contribution < -0.4 is 4.90 Å². The highest BCUT2D eigenvalue weighted by atomic mass is 16.2. The molecule has 2 amide bonds. The highest BCUT2D eigenvalue weighted by Crippen LogP contribution is 2.19. The van der Waals surface area contributed by atoms with Crippen LogP contribution in [0.3, 0.4) is 0 Å². The third-order valence-corrected chi connectivity index (χ3v) is 5.06. The van der Waals surface area contributed by atoms with E-state index >= 15 is 0 Å². The number of amides is 2. The third kappa shape index (κ3) is 3.30. The minimum atomic E-state index is -0.0573. The lowest BCUT2D eigenvalue weighted by Crippen LogP contribution is -2.53. The molecule has 1 saturated heterocycles. The molecule has 0 unspecified atom stereocenters. The number of fused-ring (bicyclic) bond motifs is 1. The van der Waals surface area contributed by atoms with Crippen molar-refractivity contribution >= 4 is 28.5 Å². The third-order valence-electron chi connectivity index (χ3n) is 5.06. The highest BCUT2D eigenvalue weighted by Gasteiger charge is 2.28. The lowest BCUT2D eigenvalue weighted by Gasteiger charge is -2.34. The van der Waals surface area contributed by atoms with Gasteiger partial charge in [0, 0.05) is 18.8 Å². The summed E-state index contributed by atoms with van der Waals surface area (Å²) in [5.41, 5.74) is 3.85. The van der Waals surface area contributed by atoms with E-state index in [0.717, 1.165) is 28.1 Å². The molecule has 4 rings (SSSR count). The van der Waals surface area contributed by atoms with Gasteiger partial charge in [-0.1, -0.05) is 29.8 Å². The Morgan fingerprint density at radius 2 is 1.78 bits per heavy atom. The fourth-order valence-electron chi connectivity index (χ4n) is 3.51. The van der Waals surface area contributed by atoms with Crippen LogP contribution in [0, 0.1) is 13.8 Å². The van der Waals surface area contributed by atoms with Crippen molar-refractivity contribution in [1.29, 1.82) is 0 Å². The van der Waals surface area contributed by atoms with E-state index in [1.54, 1.807) is 9.80 Å². The van der Waals surface area contributed by atoms with Crippen LogP contribution >= 0.6 is 0 Å². The Morgan fingerprint density at radius 1 is 1.04 bits per heavy atom. The Labute approximate surface area is 158 Å². The van der Waals surface area contributed by atoms with Crippen molar-refractivity contribution in [1.82, 2.24) is 14.5 Å². The van der Waals surface area contributed by atoms with Crippen molar-refractivity contribution in [3.05, 3.63) is 59.9 Å². The molecule has 0 radical (unpaired) electrons. The molecular weight excluding hydrogens is 340 g/mol. The Hall–Kier alpha value is -3.15. The average molecular weight is 362 g/mol. The Morgan fingerprint density at radius 3 is 2.52 bits per heavy atom. The summed E-state index contributed by atoms with van der Waals surface area (Å²) in [4.78, 5) is 33.3. The molecule has 0 spiro atoms. The van der Waals surface area contributed by atoms with Crippen LogP contribution in [0.2, 0.25) is 0 Å². The number of hydrogen-bond donors (Lipinski definition) is 0. The number of aromatic nitrogens is 2. The molecule has 138 valence electrons. The number of rotatable bonds is 3. The van der Waals surface area contributed by atoms with Crippen LogP contribution in [-0.2, 0) is 16.1 Å². The number of imidazole rings is 1. The molecule has 1 aliphatic heterocycles. The summed E-state index contributed by atoms with van der Waals surface area (Å²) in [7, 11) is 0. The van der Waals surface area contributed by atoms with Crippen LogP contribution in [0.25, 0.3) is 11.0 Å². The SMILES string of the molecule is Cc1ccc(N2CCN(C(=O)Cn3c(C)nc4ccccc43)CC2=O)cc1. The van der Waals surface area contributed by atoms with Crippen molar-refractivity contribution < 1.29 is 9.59 Å². The Balaban J connectivity index is 1.47. The number of carbonyl (C=O) groups excluding carboxylic acids is 2. The van der Waals surface area contributed by atoms with Gasteiger partial charge in [-0.15, -0.1) is 0 Å². The molecule has 6 heteroatoms. The summed E-state index contributed by atoms with van der Waals surface area (Å²) in [6.45, 7) is 5.27. The number of anilines is 1. The summed E-state index contributed by atoms with van der Waals surface area (Å²) in [5, 5.41) is 0. The van der Waals surface area contributed by atoms with Gasteiger partial charge in [0.05, 0.1) is 11.0 Å². The van der Waals surface area contributed by atoms with Crippen molar-refractivity contribution in [3.8, 4) is 0 Å². The highest BCUT2D eigenvalue weighted by molar-refractivity contribution is 5.98. The molecule has 0 aliphatic carbocycles. The Kier molecular flexibility index (Phi) is 4.39. The van der Waals surface area contributed by atoms with Crippen molar-refractivity contribution in [2.24, 2.45) is 0 Å². The summed E-state index contributed by atoms with van der Waals surface area (Å²) in [6, 6.07) is 15.7. The second-order valence-electron chi connectivity index (χ2n) is 6.93. The maximum Gasteiger partial charge on any atom is 0.246 e. The van der Waals surface area contributed by atoms with Crippen LogP contribution in [0.1, 0.15) is 11.4 Å². The van der Waals surface area contributed by atoms with Gasteiger partial charge in [0.15, 0.2) is 0 Å². The summed E-state index contributed by atoms with van der Waals surface area (Å²) < 4.78 is 1.91. The Bertz CT molecular complexity index is 1010. The van der Waals surface area contributed by atoms with Crippen molar-refractivity contribution in [2.75, 3.05) is 24.5 Å². The second kappa shape index (κ2) is 6.87. The zero-order chi connectivity index (χ0) is 19.0. The average Bonchev–Trinajstić information content (AvgIpc) is 2.98. The van der Waals surface area contributed by atoms with Gasteiger partial charge >= 0.3 is 0 Å². The molecular formula is C21H22N4O2. The first-order valence-electron chi connectivity index (χ1n) is 9.09. The van der Waals surface area contributed by atoms with Gasteiger partial charge in [-0.2, -0.15) is 0 Å². The molecule has 27 heavy (non-hydrogen) atoms. The minimum Gasteiger partial charge on any atom is -0.330 e. The zero-order valence-electron chi connectivity index (χ0n) is 15.6. The van der Waals surface area contributed by atoms with E-state index < -0.39 is 0 Å². The first kappa shape index (κ1) is 17.3. The quantitative estimate of drug-likeness (QED) is 0.719. The van der Waals surface area contributed by atoms with Crippen molar-refractivity contribution in [2.45, 2.75) is 20.4 Å². The first-order valence-corrected chi connectivity index (χ1v) is 9.09. The molecule has 1 aliphatic rings. The number of carbonyl (C=O) groups is 2. The number of benzene rings is 2. The van der Waals surface area contributed by atoms with Crippen molar-refractivity contribution in [3.63, 3.8) is 0 Å². The van der Waals surface area contributed by atoms with Crippen LogP contribution in [0.4, 0.5) is 5.69 Å². The normalized spacial score (nSPS) is 14.8. The zero-order valence-corrected chi connectivity index (χ0v) is 15.6. The van der Waals surface area contributed by atoms with Crippen LogP contribution in [-0.4, -0.2) is 45.9 Å². The van der Waals surface area contributed by atoms with Gasteiger partial charge in [-0.05, 0) is 38.1 Å². The van der Waals surface area contributed by atoms with E-state index in [1.807, 2.05) is 66.9 Å². The van der Waals surface area contributed by atoms with Gasteiger partial charge < -0.3 is 14.4 Å². The van der Waals surface area contributed by atoms with Gasteiger partial charge in [0.25, 0.3) is 0 Å². The lowest BCUT2D eigenvalue weighted by molar-refractivity contribution is -0.137. The molecule has 6 nitrogen and oxygen atoms in total. The number of aryl methyl sites for hydroxylation is 2. The topological polar surface area (TPSA) is 58.4 Å². The molecule has 0 saturated carbocycles. The molecule has 1 fully saturated rings. The molecule has 1 aromatic heterocycles. The van der Waals surface area contributed by atoms with E-state index in [9.17, 15) is 9.59 Å². The van der Waals surface area contributed by atoms with Crippen LogP contribution in [0.15, 0.2) is 48.5 Å². The fraction of sp³-hybridized carbons (Fsp3) is 0.286. The van der Waals surface area contributed by atoms with E-state index in [1.165, 1.54) is 0 Å². The van der Waals surface area contributed by atoms with E-state index in [2.05, 4.69) is 4.98 Å². The van der Waals surface area contributed by atoms with E-state index in [4.69, 9.17) is 0 Å². The molecule has 0 bridgehead atoms. The predicted molar refractivity (Wildman–Crippen MR) is 105 cm³/mol. The largest absolute Gasteiger partial charge is 0.330 e. The minimum absolute atomic E-state index is 0.0503. The van der Waals surface area contributed by atoms with Gasteiger partial charge in [0.1, 0.15) is 18.9 Å². The fourth-order valence-corrected chi connectivity index (χ4v) is 3.51. The summed E-state index contributed by atoms with van der Waals surface area (Å²) >= 11 is 0. The number of hydrogen-bond acceptors (Lipinski definition) is 3. The molecule has 0 N–H and O–H groups in total. The molecule has 0 atom stereocenters. The number of piperazine rings is 1. The van der Waals surface area contributed by atoms with Gasteiger partial charge in [-0.3, -0.25) is 9.59 Å². The predicted octanol–water partition coefficient (Wildman–Crippen LogP) is 2.53. The number of para-hydroxylation sites is 2. The summed E-state index contributed by atoms with van der Waals surface area (Å²) in [6.07, 6.45) is 0. The smallest absolute Gasteiger partial charge is 0.246 e. The van der Waals surface area contributed by atoms with Crippen LogP contribution in [0.5, 0.6) is 0 Å². The maximum absolute atomic E-state index is 12.8. The number of nitrogens with zero attached hydrogens (tertiary/aromatic N) is 4. The van der Waals surface area contributed by atoms with E-state index in [0.29, 0.717) is 13.1 Å².